The van der Waals surface area contributed by atoms with Gasteiger partial charge in [0, 0.05) is 30.9 Å². The highest BCUT2D eigenvalue weighted by molar-refractivity contribution is 6.30. The Kier molecular flexibility index (Phi) is 4.88. The molecule has 0 radical (unpaired) electrons. The van der Waals surface area contributed by atoms with Gasteiger partial charge in [0.15, 0.2) is 0 Å². The van der Waals surface area contributed by atoms with E-state index < -0.39 is 0 Å². The second-order valence-electron chi connectivity index (χ2n) is 4.78. The summed E-state index contributed by atoms with van der Waals surface area (Å²) >= 11 is 6.02. The molecular weight excluding hydrogens is 272 g/mol. The lowest BCUT2D eigenvalue weighted by Crippen LogP contribution is -2.08. The lowest BCUT2D eigenvalue weighted by Gasteiger charge is -2.15. The fraction of sp³-hybridized carbons (Fsp3) is 0.250. The molecule has 0 spiro atoms. The fourth-order valence-corrected chi connectivity index (χ4v) is 2.15. The highest BCUT2D eigenvalue weighted by Crippen LogP contribution is 2.29. The molecule has 4 heteroatoms. The van der Waals surface area contributed by atoms with Crippen LogP contribution in [0.15, 0.2) is 42.5 Å². The maximum Gasteiger partial charge on any atom is 0.130 e. The van der Waals surface area contributed by atoms with Crippen molar-refractivity contribution in [3.63, 3.8) is 0 Å². The first-order valence-corrected chi connectivity index (χ1v) is 6.91. The van der Waals surface area contributed by atoms with Crippen LogP contribution in [-0.4, -0.2) is 20.6 Å². The van der Waals surface area contributed by atoms with Gasteiger partial charge in [-0.3, -0.25) is 0 Å². The molecule has 0 aromatic heterocycles. The van der Waals surface area contributed by atoms with Crippen molar-refractivity contribution in [1.82, 2.24) is 0 Å². The normalized spacial score (nSPS) is 10.4. The number of halogens is 1. The third-order valence-corrected chi connectivity index (χ3v) is 3.23. The van der Waals surface area contributed by atoms with Crippen molar-refractivity contribution in [2.75, 3.05) is 25.5 Å². The Morgan fingerprint density at radius 2 is 1.95 bits per heavy atom. The van der Waals surface area contributed by atoms with E-state index in [1.165, 1.54) is 0 Å². The molecule has 2 N–H and O–H groups in total. The minimum absolute atomic E-state index is 0.564. The summed E-state index contributed by atoms with van der Waals surface area (Å²) in [5.41, 5.74) is 7.75. The van der Waals surface area contributed by atoms with Crippen LogP contribution in [0.1, 0.15) is 5.56 Å². The average Bonchev–Trinajstić information content (AvgIpc) is 2.42. The van der Waals surface area contributed by atoms with Crippen molar-refractivity contribution < 1.29 is 4.74 Å². The Bertz CT molecular complexity index is 584. The highest BCUT2D eigenvalue weighted by atomic mass is 35.5. The number of rotatable bonds is 5. The van der Waals surface area contributed by atoms with E-state index in [9.17, 15) is 0 Å². The molecule has 2 rings (SSSR count). The third kappa shape index (κ3) is 3.65. The topological polar surface area (TPSA) is 38.5 Å². The Balaban J connectivity index is 2.27. The van der Waals surface area contributed by atoms with Crippen LogP contribution in [0.25, 0.3) is 0 Å². The Morgan fingerprint density at radius 1 is 1.15 bits per heavy atom. The third-order valence-electron chi connectivity index (χ3n) is 3.00. The number of ether oxygens (including phenoxy) is 1. The van der Waals surface area contributed by atoms with E-state index in [1.54, 1.807) is 0 Å². The molecule has 2 aromatic carbocycles. The molecule has 0 saturated carbocycles. The number of hydrogen-bond acceptors (Lipinski definition) is 3. The summed E-state index contributed by atoms with van der Waals surface area (Å²) in [6.45, 7) is 0.564. The number of benzene rings is 2. The van der Waals surface area contributed by atoms with Gasteiger partial charge in [-0.25, -0.2) is 0 Å². The van der Waals surface area contributed by atoms with Gasteiger partial charge in [0.2, 0.25) is 0 Å². The summed E-state index contributed by atoms with van der Waals surface area (Å²) in [7, 11) is 4.00. The maximum atomic E-state index is 6.02. The summed E-state index contributed by atoms with van der Waals surface area (Å²) < 4.78 is 5.97. The molecule has 0 unspecified atom stereocenters. The van der Waals surface area contributed by atoms with E-state index in [1.807, 2.05) is 61.5 Å². The molecule has 0 bridgehead atoms. The number of nitrogens with zero attached hydrogens (tertiary/aromatic N) is 1. The zero-order chi connectivity index (χ0) is 14.5. The second kappa shape index (κ2) is 6.64. The van der Waals surface area contributed by atoms with Crippen LogP contribution in [-0.2, 0) is 6.42 Å². The highest BCUT2D eigenvalue weighted by Gasteiger charge is 2.06. The van der Waals surface area contributed by atoms with Crippen LogP contribution in [0, 0.1) is 0 Å². The predicted molar refractivity (Wildman–Crippen MR) is 85.1 cm³/mol. The molecule has 106 valence electrons. The SMILES string of the molecule is CN(C)c1cccc(Oc2ccc(Cl)cc2CCN)c1. The van der Waals surface area contributed by atoms with Crippen LogP contribution >= 0.6 is 11.6 Å². The lowest BCUT2D eigenvalue weighted by atomic mass is 10.1. The van der Waals surface area contributed by atoms with Gasteiger partial charge in [-0.05, 0) is 48.9 Å². The van der Waals surface area contributed by atoms with Gasteiger partial charge in [0.1, 0.15) is 11.5 Å². The molecule has 0 aliphatic rings. The smallest absolute Gasteiger partial charge is 0.130 e. The van der Waals surface area contributed by atoms with Crippen molar-refractivity contribution in [3.8, 4) is 11.5 Å². The van der Waals surface area contributed by atoms with Crippen LogP contribution in [0.3, 0.4) is 0 Å². The summed E-state index contributed by atoms with van der Waals surface area (Å²) in [4.78, 5) is 2.04. The monoisotopic (exact) mass is 290 g/mol. The Labute approximate surface area is 124 Å². The summed E-state index contributed by atoms with van der Waals surface area (Å²) in [5.74, 6) is 1.60. The molecular formula is C16H19ClN2O. The maximum absolute atomic E-state index is 6.02. The number of nitrogens with two attached hydrogens (primary N) is 1. The lowest BCUT2D eigenvalue weighted by molar-refractivity contribution is 0.476. The van der Waals surface area contributed by atoms with Crippen LogP contribution in [0.2, 0.25) is 5.02 Å². The number of hydrogen-bond donors (Lipinski definition) is 1. The van der Waals surface area contributed by atoms with E-state index in [4.69, 9.17) is 22.1 Å². The quantitative estimate of drug-likeness (QED) is 0.912. The van der Waals surface area contributed by atoms with Crippen molar-refractivity contribution in [3.05, 3.63) is 53.1 Å². The molecule has 2 aromatic rings. The molecule has 0 saturated heterocycles. The van der Waals surface area contributed by atoms with Gasteiger partial charge >= 0.3 is 0 Å². The molecule has 0 fully saturated rings. The summed E-state index contributed by atoms with van der Waals surface area (Å²) in [6, 6.07) is 13.6. The Hall–Kier alpha value is -1.71. The number of anilines is 1. The van der Waals surface area contributed by atoms with Crippen LogP contribution in [0.5, 0.6) is 11.5 Å². The van der Waals surface area contributed by atoms with Crippen molar-refractivity contribution >= 4 is 17.3 Å². The fourth-order valence-electron chi connectivity index (χ4n) is 1.95. The van der Waals surface area contributed by atoms with Crippen molar-refractivity contribution in [1.29, 1.82) is 0 Å². The molecule has 0 heterocycles. The van der Waals surface area contributed by atoms with Gasteiger partial charge in [-0.15, -0.1) is 0 Å². The zero-order valence-electron chi connectivity index (χ0n) is 11.8. The zero-order valence-corrected chi connectivity index (χ0v) is 12.5. The van der Waals surface area contributed by atoms with E-state index in [-0.39, 0.29) is 0 Å². The van der Waals surface area contributed by atoms with E-state index in [0.717, 1.165) is 29.2 Å². The average molecular weight is 291 g/mol. The molecule has 0 aliphatic heterocycles. The molecule has 3 nitrogen and oxygen atoms in total. The second-order valence-corrected chi connectivity index (χ2v) is 5.22. The van der Waals surface area contributed by atoms with Crippen molar-refractivity contribution in [2.45, 2.75) is 6.42 Å². The molecule has 20 heavy (non-hydrogen) atoms. The van der Waals surface area contributed by atoms with Gasteiger partial charge in [-0.1, -0.05) is 17.7 Å². The largest absolute Gasteiger partial charge is 0.457 e. The van der Waals surface area contributed by atoms with E-state index in [2.05, 4.69) is 0 Å². The molecule has 0 atom stereocenters. The summed E-state index contributed by atoms with van der Waals surface area (Å²) in [5, 5.41) is 0.697. The predicted octanol–water partition coefficient (Wildman–Crippen LogP) is 3.70. The van der Waals surface area contributed by atoms with E-state index in [0.29, 0.717) is 11.6 Å². The van der Waals surface area contributed by atoms with Crippen molar-refractivity contribution in [2.24, 2.45) is 5.73 Å². The standard InChI is InChI=1S/C16H19ClN2O/c1-19(2)14-4-3-5-15(11-14)20-16-7-6-13(17)10-12(16)8-9-18/h3-7,10-11H,8-9,18H2,1-2H3. The first kappa shape index (κ1) is 14.7. The van der Waals surface area contributed by atoms with Crippen LogP contribution in [0.4, 0.5) is 5.69 Å². The van der Waals surface area contributed by atoms with Gasteiger partial charge < -0.3 is 15.4 Å². The minimum atomic E-state index is 0.564. The van der Waals surface area contributed by atoms with Gasteiger partial charge in [-0.2, -0.15) is 0 Å². The Morgan fingerprint density at radius 3 is 2.65 bits per heavy atom. The first-order valence-electron chi connectivity index (χ1n) is 6.54. The van der Waals surface area contributed by atoms with Crippen LogP contribution < -0.4 is 15.4 Å². The van der Waals surface area contributed by atoms with E-state index >= 15 is 0 Å². The molecule has 0 aliphatic carbocycles. The summed E-state index contributed by atoms with van der Waals surface area (Å²) in [6.07, 6.45) is 0.739. The minimum Gasteiger partial charge on any atom is -0.457 e. The first-order chi connectivity index (χ1) is 9.60. The van der Waals surface area contributed by atoms with Gasteiger partial charge in [0.25, 0.3) is 0 Å². The molecule has 0 amide bonds. The van der Waals surface area contributed by atoms with Gasteiger partial charge in [0.05, 0.1) is 0 Å².